The van der Waals surface area contributed by atoms with Gasteiger partial charge in [-0.2, -0.15) is 0 Å². The molecule has 0 spiro atoms. The largest absolute Gasteiger partial charge is 0.478 e. The van der Waals surface area contributed by atoms with E-state index in [1.54, 1.807) is 12.1 Å². The topological polar surface area (TPSA) is 54.4 Å². The van der Waals surface area contributed by atoms with Gasteiger partial charge in [0.1, 0.15) is 0 Å². The first-order valence-electron chi connectivity index (χ1n) is 7.52. The zero-order valence-corrected chi connectivity index (χ0v) is 12.6. The van der Waals surface area contributed by atoms with Crippen molar-refractivity contribution in [3.63, 3.8) is 0 Å². The fourth-order valence-corrected chi connectivity index (χ4v) is 3.04. The van der Waals surface area contributed by atoms with Crippen LogP contribution in [0.5, 0.6) is 0 Å². The van der Waals surface area contributed by atoms with Crippen molar-refractivity contribution >= 4 is 22.5 Å². The molecule has 0 aliphatic heterocycles. The van der Waals surface area contributed by atoms with Gasteiger partial charge in [-0.25, -0.2) is 4.79 Å². The highest BCUT2D eigenvalue weighted by atomic mass is 16.4. The lowest BCUT2D eigenvalue weighted by molar-refractivity contribution is -0.116. The molecule has 3 heteroatoms. The lowest BCUT2D eigenvalue weighted by Crippen LogP contribution is -2.10. The quantitative estimate of drug-likeness (QED) is 0.925. The third-order valence-corrected chi connectivity index (χ3v) is 4.40. The standard InChI is InChI=1S/C19H18O3/c1-12-14(3-2-4-18(12)20)9-13-5-6-16-11-17(19(21)22)8-7-15(16)10-13/h5-8,10-11H,2-4,9H2,1H3,(H,21,22). The molecule has 0 radical (unpaired) electrons. The molecule has 112 valence electrons. The Kier molecular flexibility index (Phi) is 3.80. The van der Waals surface area contributed by atoms with Gasteiger partial charge >= 0.3 is 5.97 Å². The van der Waals surface area contributed by atoms with Crippen LogP contribution < -0.4 is 0 Å². The zero-order chi connectivity index (χ0) is 15.7. The van der Waals surface area contributed by atoms with Gasteiger partial charge in [0.2, 0.25) is 0 Å². The van der Waals surface area contributed by atoms with E-state index < -0.39 is 5.97 Å². The molecular formula is C19H18O3. The highest BCUT2D eigenvalue weighted by Gasteiger charge is 2.16. The van der Waals surface area contributed by atoms with Gasteiger partial charge in [0.25, 0.3) is 0 Å². The molecule has 2 aromatic rings. The SMILES string of the molecule is CC1=C(Cc2ccc3cc(C(=O)O)ccc3c2)CCCC1=O. The summed E-state index contributed by atoms with van der Waals surface area (Å²) in [6, 6.07) is 11.2. The van der Waals surface area contributed by atoms with Crippen molar-refractivity contribution in [3.05, 3.63) is 58.7 Å². The molecule has 0 atom stereocenters. The van der Waals surface area contributed by atoms with Crippen LogP contribution in [0, 0.1) is 0 Å². The molecule has 0 heterocycles. The maximum absolute atomic E-state index is 11.8. The maximum Gasteiger partial charge on any atom is 0.335 e. The maximum atomic E-state index is 11.8. The van der Waals surface area contributed by atoms with Gasteiger partial charge in [-0.3, -0.25) is 4.79 Å². The number of aromatic carboxylic acids is 1. The number of carbonyl (C=O) groups excluding carboxylic acids is 1. The highest BCUT2D eigenvalue weighted by molar-refractivity contribution is 5.96. The first kappa shape index (κ1) is 14.5. The fourth-order valence-electron chi connectivity index (χ4n) is 3.04. The second kappa shape index (κ2) is 5.76. The third-order valence-electron chi connectivity index (χ3n) is 4.40. The van der Waals surface area contributed by atoms with Crippen molar-refractivity contribution in [1.82, 2.24) is 0 Å². The van der Waals surface area contributed by atoms with E-state index in [0.717, 1.165) is 35.6 Å². The Bertz CT molecular complexity index is 799. The summed E-state index contributed by atoms with van der Waals surface area (Å²) in [7, 11) is 0. The van der Waals surface area contributed by atoms with E-state index >= 15 is 0 Å². The first-order chi connectivity index (χ1) is 10.5. The molecule has 0 saturated carbocycles. The second-order valence-electron chi connectivity index (χ2n) is 5.88. The Morgan fingerprint density at radius 3 is 2.59 bits per heavy atom. The van der Waals surface area contributed by atoms with Gasteiger partial charge in [-0.05, 0) is 60.2 Å². The van der Waals surface area contributed by atoms with Crippen LogP contribution in [0.15, 0.2) is 47.5 Å². The summed E-state index contributed by atoms with van der Waals surface area (Å²) in [5, 5.41) is 11.0. The Morgan fingerprint density at radius 2 is 1.82 bits per heavy atom. The summed E-state index contributed by atoms with van der Waals surface area (Å²) in [5.41, 5.74) is 3.63. The van der Waals surface area contributed by atoms with E-state index in [9.17, 15) is 9.59 Å². The Labute approximate surface area is 129 Å². The van der Waals surface area contributed by atoms with Crippen LogP contribution in [-0.4, -0.2) is 16.9 Å². The van der Waals surface area contributed by atoms with Crippen LogP contribution in [0.25, 0.3) is 10.8 Å². The Morgan fingerprint density at radius 1 is 1.09 bits per heavy atom. The smallest absolute Gasteiger partial charge is 0.335 e. The Balaban J connectivity index is 1.92. The molecular weight excluding hydrogens is 276 g/mol. The lowest BCUT2D eigenvalue weighted by Gasteiger charge is -2.17. The first-order valence-corrected chi connectivity index (χ1v) is 7.52. The molecule has 0 aromatic heterocycles. The average molecular weight is 294 g/mol. The molecule has 22 heavy (non-hydrogen) atoms. The molecule has 1 aliphatic rings. The number of allylic oxidation sites excluding steroid dienone is 2. The van der Waals surface area contributed by atoms with Crippen molar-refractivity contribution in [1.29, 1.82) is 0 Å². The molecule has 0 saturated heterocycles. The molecule has 2 aromatic carbocycles. The molecule has 1 aliphatic carbocycles. The minimum Gasteiger partial charge on any atom is -0.478 e. The average Bonchev–Trinajstić information content (AvgIpc) is 2.51. The van der Waals surface area contributed by atoms with Crippen molar-refractivity contribution in [3.8, 4) is 0 Å². The van der Waals surface area contributed by atoms with Gasteiger partial charge in [0.05, 0.1) is 5.56 Å². The molecule has 3 rings (SSSR count). The van der Waals surface area contributed by atoms with E-state index in [1.165, 1.54) is 11.1 Å². The van der Waals surface area contributed by atoms with Crippen LogP contribution >= 0.6 is 0 Å². The predicted octanol–water partition coefficient (Wildman–Crippen LogP) is 4.15. The van der Waals surface area contributed by atoms with Crippen LogP contribution in [0.4, 0.5) is 0 Å². The number of ketones is 1. The van der Waals surface area contributed by atoms with Crippen molar-refractivity contribution in [2.45, 2.75) is 32.6 Å². The summed E-state index contributed by atoms with van der Waals surface area (Å²) in [6.07, 6.45) is 3.41. The number of fused-ring (bicyclic) bond motifs is 1. The van der Waals surface area contributed by atoms with Crippen molar-refractivity contribution in [2.24, 2.45) is 0 Å². The lowest BCUT2D eigenvalue weighted by atomic mass is 9.87. The number of carboxylic acid groups (broad SMARTS) is 1. The summed E-state index contributed by atoms with van der Waals surface area (Å²) >= 11 is 0. The number of benzene rings is 2. The fraction of sp³-hybridized carbons (Fsp3) is 0.263. The monoisotopic (exact) mass is 294 g/mol. The summed E-state index contributed by atoms with van der Waals surface area (Å²) in [5.74, 6) is -0.638. The molecule has 0 amide bonds. The van der Waals surface area contributed by atoms with Crippen molar-refractivity contribution < 1.29 is 14.7 Å². The van der Waals surface area contributed by atoms with E-state index in [0.29, 0.717) is 12.0 Å². The van der Waals surface area contributed by atoms with E-state index in [-0.39, 0.29) is 5.78 Å². The van der Waals surface area contributed by atoms with E-state index in [2.05, 4.69) is 6.07 Å². The predicted molar refractivity (Wildman–Crippen MR) is 86.2 cm³/mol. The van der Waals surface area contributed by atoms with Gasteiger partial charge < -0.3 is 5.11 Å². The zero-order valence-electron chi connectivity index (χ0n) is 12.6. The Hall–Kier alpha value is -2.42. The van der Waals surface area contributed by atoms with Crippen LogP contribution in [0.3, 0.4) is 0 Å². The van der Waals surface area contributed by atoms with Gasteiger partial charge in [-0.1, -0.05) is 29.8 Å². The van der Waals surface area contributed by atoms with Gasteiger partial charge in [0, 0.05) is 6.42 Å². The molecule has 0 unspecified atom stereocenters. The molecule has 1 N–H and O–H groups in total. The van der Waals surface area contributed by atoms with Gasteiger partial charge in [0.15, 0.2) is 5.78 Å². The number of carbonyl (C=O) groups is 2. The summed E-state index contributed by atoms with van der Waals surface area (Å²) in [6.45, 7) is 1.93. The van der Waals surface area contributed by atoms with E-state index in [1.807, 2.05) is 25.1 Å². The van der Waals surface area contributed by atoms with Gasteiger partial charge in [-0.15, -0.1) is 0 Å². The normalized spacial score (nSPS) is 15.4. The van der Waals surface area contributed by atoms with E-state index in [4.69, 9.17) is 5.11 Å². The third kappa shape index (κ3) is 2.80. The minimum absolute atomic E-state index is 0.271. The number of hydrogen-bond donors (Lipinski definition) is 1. The molecule has 0 bridgehead atoms. The molecule has 0 fully saturated rings. The van der Waals surface area contributed by atoms with Crippen LogP contribution in [0.2, 0.25) is 0 Å². The number of carboxylic acids is 1. The van der Waals surface area contributed by atoms with Crippen molar-refractivity contribution in [2.75, 3.05) is 0 Å². The number of hydrogen-bond acceptors (Lipinski definition) is 2. The van der Waals surface area contributed by atoms with Crippen LogP contribution in [0.1, 0.15) is 42.1 Å². The van der Waals surface area contributed by atoms with Crippen LogP contribution in [-0.2, 0) is 11.2 Å². The summed E-state index contributed by atoms with van der Waals surface area (Å²) in [4.78, 5) is 22.8. The molecule has 3 nitrogen and oxygen atoms in total. The number of rotatable bonds is 3. The second-order valence-corrected chi connectivity index (χ2v) is 5.88. The summed E-state index contributed by atoms with van der Waals surface area (Å²) < 4.78 is 0. The highest BCUT2D eigenvalue weighted by Crippen LogP contribution is 2.26. The minimum atomic E-state index is -0.910. The number of Topliss-reactive ketones (excluding diaryl/α,β-unsaturated/α-hetero) is 1.